The minimum Gasteiger partial charge on any atom is -0.328 e. The molecule has 0 saturated carbocycles. The Morgan fingerprint density at radius 3 is 2.96 bits per heavy atom. The number of amides is 1. The highest BCUT2D eigenvalue weighted by molar-refractivity contribution is 7.12. The zero-order chi connectivity index (χ0) is 18.3. The number of fused-ring (bicyclic) bond motifs is 1. The first-order chi connectivity index (χ1) is 12.5. The van der Waals surface area contributed by atoms with Crippen LogP contribution in [0.5, 0.6) is 0 Å². The van der Waals surface area contributed by atoms with Crippen molar-refractivity contribution in [2.45, 2.75) is 51.7 Å². The maximum atomic E-state index is 12.8. The van der Waals surface area contributed by atoms with E-state index < -0.39 is 0 Å². The number of nitrogens with zero attached hydrogens (tertiary/aromatic N) is 3. The number of H-pyrrole nitrogens is 1. The van der Waals surface area contributed by atoms with Crippen LogP contribution in [0.2, 0.25) is 0 Å². The Bertz CT molecular complexity index is 859. The lowest BCUT2D eigenvalue weighted by Crippen LogP contribution is -2.40. The average Bonchev–Trinajstić information content (AvgIpc) is 3.32. The third kappa shape index (κ3) is 3.10. The van der Waals surface area contributed by atoms with E-state index in [0.717, 1.165) is 41.9 Å². The average molecular weight is 372 g/mol. The first-order valence-corrected chi connectivity index (χ1v) is 10.1. The van der Waals surface area contributed by atoms with Gasteiger partial charge in [-0.15, -0.1) is 11.3 Å². The largest absolute Gasteiger partial charge is 0.328 e. The van der Waals surface area contributed by atoms with E-state index >= 15 is 0 Å². The zero-order valence-electron chi connectivity index (χ0n) is 15.2. The predicted octanol–water partition coefficient (Wildman–Crippen LogP) is 2.58. The molecule has 7 heteroatoms. The maximum Gasteiger partial charge on any atom is 0.264 e. The molecule has 2 aliphatic rings. The van der Waals surface area contributed by atoms with Crippen LogP contribution >= 0.6 is 11.3 Å². The SMILES string of the molecule is CC(C)N1CCc2nc([C@@H]3CCCN3C(=O)c3cccs3)[nH]c(=O)c2C1. The van der Waals surface area contributed by atoms with Gasteiger partial charge < -0.3 is 9.88 Å². The van der Waals surface area contributed by atoms with E-state index in [1.165, 1.54) is 11.3 Å². The van der Waals surface area contributed by atoms with Crippen LogP contribution in [0.3, 0.4) is 0 Å². The van der Waals surface area contributed by atoms with Gasteiger partial charge in [-0.2, -0.15) is 0 Å². The number of likely N-dealkylation sites (tertiary alicyclic amines) is 1. The summed E-state index contributed by atoms with van der Waals surface area (Å²) < 4.78 is 0. The molecule has 1 fully saturated rings. The summed E-state index contributed by atoms with van der Waals surface area (Å²) in [5, 5.41) is 1.91. The number of thiophene rings is 1. The van der Waals surface area contributed by atoms with Gasteiger partial charge in [0.25, 0.3) is 11.5 Å². The van der Waals surface area contributed by atoms with Gasteiger partial charge in [0.1, 0.15) is 5.82 Å². The second kappa shape index (κ2) is 6.96. The zero-order valence-corrected chi connectivity index (χ0v) is 16.0. The molecule has 0 bridgehead atoms. The number of carbonyl (C=O) groups is 1. The van der Waals surface area contributed by atoms with Gasteiger partial charge in [0.15, 0.2) is 0 Å². The van der Waals surface area contributed by atoms with E-state index in [4.69, 9.17) is 4.98 Å². The fourth-order valence-corrected chi connectivity index (χ4v) is 4.58. The van der Waals surface area contributed by atoms with Gasteiger partial charge in [0.05, 0.1) is 22.2 Å². The molecule has 2 aromatic heterocycles. The summed E-state index contributed by atoms with van der Waals surface area (Å²) >= 11 is 1.45. The second-order valence-corrected chi connectivity index (χ2v) is 8.27. The topological polar surface area (TPSA) is 69.3 Å². The smallest absolute Gasteiger partial charge is 0.264 e. The molecule has 4 heterocycles. The molecular weight excluding hydrogens is 348 g/mol. The highest BCUT2D eigenvalue weighted by atomic mass is 32.1. The molecule has 1 N–H and O–H groups in total. The molecule has 0 radical (unpaired) electrons. The Kier molecular flexibility index (Phi) is 4.67. The minimum absolute atomic E-state index is 0.0360. The fraction of sp³-hybridized carbons (Fsp3) is 0.526. The monoisotopic (exact) mass is 372 g/mol. The van der Waals surface area contributed by atoms with Crippen LogP contribution in [0.4, 0.5) is 0 Å². The quantitative estimate of drug-likeness (QED) is 0.899. The van der Waals surface area contributed by atoms with Crippen LogP contribution in [0, 0.1) is 0 Å². The fourth-order valence-electron chi connectivity index (χ4n) is 3.90. The van der Waals surface area contributed by atoms with Gasteiger partial charge in [-0.05, 0) is 38.1 Å². The van der Waals surface area contributed by atoms with Gasteiger partial charge in [-0.1, -0.05) is 6.07 Å². The van der Waals surface area contributed by atoms with Crippen molar-refractivity contribution in [3.8, 4) is 0 Å². The number of aromatic amines is 1. The molecule has 4 rings (SSSR count). The summed E-state index contributed by atoms with van der Waals surface area (Å²) in [6, 6.07) is 4.02. The summed E-state index contributed by atoms with van der Waals surface area (Å²) in [6.07, 6.45) is 2.57. The van der Waals surface area contributed by atoms with Gasteiger partial charge in [-0.25, -0.2) is 4.98 Å². The summed E-state index contributed by atoms with van der Waals surface area (Å²) in [5.74, 6) is 0.683. The van der Waals surface area contributed by atoms with E-state index in [0.29, 0.717) is 25.0 Å². The minimum atomic E-state index is -0.134. The van der Waals surface area contributed by atoms with Crippen molar-refractivity contribution in [1.29, 1.82) is 0 Å². The van der Waals surface area contributed by atoms with Crippen LogP contribution in [-0.4, -0.2) is 44.8 Å². The van der Waals surface area contributed by atoms with Crippen LogP contribution in [0.25, 0.3) is 0 Å². The Labute approximate surface area is 156 Å². The van der Waals surface area contributed by atoms with Crippen molar-refractivity contribution in [2.24, 2.45) is 0 Å². The molecule has 6 nitrogen and oxygen atoms in total. The van der Waals surface area contributed by atoms with Gasteiger partial charge in [0.2, 0.25) is 0 Å². The van der Waals surface area contributed by atoms with Crippen molar-refractivity contribution in [3.05, 3.63) is 49.8 Å². The lowest BCUT2D eigenvalue weighted by atomic mass is 10.0. The van der Waals surface area contributed by atoms with Crippen LogP contribution < -0.4 is 5.56 Å². The molecule has 0 spiro atoms. The summed E-state index contributed by atoms with van der Waals surface area (Å²) in [4.78, 5) is 38.2. The molecule has 2 aromatic rings. The number of hydrogen-bond donors (Lipinski definition) is 1. The Balaban J connectivity index is 1.63. The third-order valence-corrected chi connectivity index (χ3v) is 6.27. The Morgan fingerprint density at radius 2 is 2.23 bits per heavy atom. The number of hydrogen-bond acceptors (Lipinski definition) is 5. The summed E-state index contributed by atoms with van der Waals surface area (Å²) in [5.41, 5.74) is 1.63. The Morgan fingerprint density at radius 1 is 1.38 bits per heavy atom. The van der Waals surface area contributed by atoms with E-state index in [1.807, 2.05) is 22.4 Å². The molecule has 0 aromatic carbocycles. The van der Waals surface area contributed by atoms with E-state index in [1.54, 1.807) is 0 Å². The molecule has 0 aliphatic carbocycles. The van der Waals surface area contributed by atoms with Crippen molar-refractivity contribution < 1.29 is 4.79 Å². The van der Waals surface area contributed by atoms with Crippen LogP contribution in [0.1, 0.15) is 59.5 Å². The van der Waals surface area contributed by atoms with E-state index in [2.05, 4.69) is 23.7 Å². The van der Waals surface area contributed by atoms with Crippen LogP contribution in [0.15, 0.2) is 22.3 Å². The molecule has 2 aliphatic heterocycles. The standard InChI is InChI=1S/C19H24N4O2S/c1-12(2)22-9-7-14-13(11-22)18(24)21-17(20-14)15-5-3-8-23(15)19(25)16-6-4-10-26-16/h4,6,10,12,15H,3,5,7-9,11H2,1-2H3,(H,20,21,24)/t15-/m0/s1. The van der Waals surface area contributed by atoms with Crippen molar-refractivity contribution in [1.82, 2.24) is 19.8 Å². The first kappa shape index (κ1) is 17.4. The molecule has 1 atom stereocenters. The number of aromatic nitrogens is 2. The van der Waals surface area contributed by atoms with E-state index in [9.17, 15) is 9.59 Å². The van der Waals surface area contributed by atoms with Crippen molar-refractivity contribution >= 4 is 17.2 Å². The number of nitrogens with one attached hydrogen (secondary N) is 1. The van der Waals surface area contributed by atoms with Gasteiger partial charge in [-0.3, -0.25) is 14.5 Å². The highest BCUT2D eigenvalue weighted by Crippen LogP contribution is 2.32. The number of carbonyl (C=O) groups excluding carboxylic acids is 1. The van der Waals surface area contributed by atoms with Crippen molar-refractivity contribution in [2.75, 3.05) is 13.1 Å². The van der Waals surface area contributed by atoms with Gasteiger partial charge in [0, 0.05) is 32.1 Å². The Hall–Kier alpha value is -1.99. The molecular formula is C19H24N4O2S. The lowest BCUT2D eigenvalue weighted by Gasteiger charge is -2.31. The summed E-state index contributed by atoms with van der Waals surface area (Å²) in [7, 11) is 0. The number of rotatable bonds is 3. The van der Waals surface area contributed by atoms with Gasteiger partial charge >= 0.3 is 0 Å². The maximum absolute atomic E-state index is 12.8. The second-order valence-electron chi connectivity index (χ2n) is 7.32. The van der Waals surface area contributed by atoms with Crippen LogP contribution in [-0.2, 0) is 13.0 Å². The van der Waals surface area contributed by atoms with Crippen molar-refractivity contribution in [3.63, 3.8) is 0 Å². The molecule has 138 valence electrons. The normalized spacial score (nSPS) is 20.6. The third-order valence-electron chi connectivity index (χ3n) is 5.41. The highest BCUT2D eigenvalue weighted by Gasteiger charge is 2.34. The molecule has 26 heavy (non-hydrogen) atoms. The summed E-state index contributed by atoms with van der Waals surface area (Å²) in [6.45, 7) is 6.58. The molecule has 1 amide bonds. The lowest BCUT2D eigenvalue weighted by molar-refractivity contribution is 0.0734. The first-order valence-electron chi connectivity index (χ1n) is 9.25. The van der Waals surface area contributed by atoms with E-state index in [-0.39, 0.29) is 17.5 Å². The molecule has 0 unspecified atom stereocenters. The molecule has 1 saturated heterocycles. The predicted molar refractivity (Wildman–Crippen MR) is 101 cm³/mol.